The van der Waals surface area contributed by atoms with E-state index < -0.39 is 0 Å². The minimum atomic E-state index is 0.297. The Bertz CT molecular complexity index is 847. The normalized spacial score (nSPS) is 33.6. The molecule has 4 saturated carbocycles. The van der Waals surface area contributed by atoms with Gasteiger partial charge in [0.1, 0.15) is 22.6 Å². The van der Waals surface area contributed by atoms with Gasteiger partial charge in [0.15, 0.2) is 0 Å². The Morgan fingerprint density at radius 3 is 2.48 bits per heavy atom. The summed E-state index contributed by atoms with van der Waals surface area (Å²) in [6.45, 7) is 1.91. The van der Waals surface area contributed by atoms with Crippen molar-refractivity contribution in [2.75, 3.05) is 0 Å². The summed E-state index contributed by atoms with van der Waals surface area (Å²) in [5, 5.41) is 12.7. The zero-order valence-corrected chi connectivity index (χ0v) is 15.3. The van der Waals surface area contributed by atoms with E-state index in [-0.39, 0.29) is 0 Å². The molecule has 2 aromatic rings. The van der Waals surface area contributed by atoms with Crippen LogP contribution in [0, 0.1) is 36.0 Å². The van der Waals surface area contributed by atoms with Crippen LogP contribution in [-0.2, 0) is 5.41 Å². The van der Waals surface area contributed by atoms with Gasteiger partial charge >= 0.3 is 0 Å². The van der Waals surface area contributed by atoms with Crippen LogP contribution in [0.15, 0.2) is 21.9 Å². The Labute approximate surface area is 152 Å². The van der Waals surface area contributed by atoms with Crippen LogP contribution < -0.4 is 0 Å². The number of aryl methyl sites for hydroxylation is 1. The molecule has 4 fully saturated rings. The predicted molar refractivity (Wildman–Crippen MR) is 98.9 cm³/mol. The van der Waals surface area contributed by atoms with Gasteiger partial charge in [0, 0.05) is 16.9 Å². The van der Waals surface area contributed by atoms with E-state index in [0.717, 1.165) is 34.3 Å². The van der Waals surface area contributed by atoms with Crippen molar-refractivity contribution < 1.29 is 4.42 Å². The van der Waals surface area contributed by atoms with E-state index in [4.69, 9.17) is 9.40 Å². The van der Waals surface area contributed by atoms with Crippen molar-refractivity contribution in [3.63, 3.8) is 0 Å². The van der Waals surface area contributed by atoms with Gasteiger partial charge in [0.2, 0.25) is 0 Å². The lowest BCUT2D eigenvalue weighted by Crippen LogP contribution is -2.48. The summed E-state index contributed by atoms with van der Waals surface area (Å²) < 4.78 is 5.59. The van der Waals surface area contributed by atoms with Gasteiger partial charge in [-0.25, -0.2) is 4.98 Å². The number of furan rings is 1. The van der Waals surface area contributed by atoms with Crippen LogP contribution in [0.5, 0.6) is 0 Å². The van der Waals surface area contributed by atoms with E-state index in [0.29, 0.717) is 11.0 Å². The summed E-state index contributed by atoms with van der Waals surface area (Å²) in [4.78, 5) is 4.96. The fraction of sp³-hybridized carbons (Fsp3) is 0.524. The molecule has 25 heavy (non-hydrogen) atoms. The molecule has 0 unspecified atom stereocenters. The van der Waals surface area contributed by atoms with Crippen LogP contribution in [0.1, 0.15) is 60.7 Å². The minimum absolute atomic E-state index is 0.297. The predicted octanol–water partition coefficient (Wildman–Crippen LogP) is 5.58. The lowest BCUT2D eigenvalue weighted by molar-refractivity contribution is -0.00694. The molecule has 6 rings (SSSR count). The van der Waals surface area contributed by atoms with Crippen molar-refractivity contribution >= 4 is 23.0 Å². The van der Waals surface area contributed by atoms with Crippen molar-refractivity contribution in [2.45, 2.75) is 50.9 Å². The quantitative estimate of drug-likeness (QED) is 0.679. The van der Waals surface area contributed by atoms with Crippen LogP contribution in [0.25, 0.3) is 11.6 Å². The van der Waals surface area contributed by atoms with Gasteiger partial charge in [-0.1, -0.05) is 0 Å². The number of nitriles is 1. The number of hydrogen-bond acceptors (Lipinski definition) is 4. The molecule has 0 N–H and O–H groups in total. The molecule has 4 aliphatic carbocycles. The molecule has 0 aromatic carbocycles. The summed E-state index contributed by atoms with van der Waals surface area (Å²) in [6.07, 6.45) is 10.1. The second-order valence-electron chi connectivity index (χ2n) is 8.35. The van der Waals surface area contributed by atoms with Gasteiger partial charge in [-0.3, -0.25) is 0 Å². The highest BCUT2D eigenvalue weighted by Gasteiger charge is 2.52. The highest BCUT2D eigenvalue weighted by atomic mass is 32.1. The summed E-state index contributed by atoms with van der Waals surface area (Å²) >= 11 is 1.61. The molecule has 0 spiro atoms. The fourth-order valence-electron chi connectivity index (χ4n) is 5.88. The third kappa shape index (κ3) is 2.57. The van der Waals surface area contributed by atoms with E-state index in [1.165, 1.54) is 44.2 Å². The van der Waals surface area contributed by atoms with Gasteiger partial charge in [-0.05, 0) is 75.3 Å². The molecule has 2 heterocycles. The van der Waals surface area contributed by atoms with E-state index in [9.17, 15) is 5.26 Å². The molecule has 0 atom stereocenters. The maximum absolute atomic E-state index is 9.60. The standard InChI is InChI=1S/C21H22N2OS/c1-13-2-3-18(24-13)7-17(11-22)20-23-19(12-25-20)21-8-14-4-15(9-21)6-16(5-14)10-21/h2-3,7,12,14-16H,4-6,8-10H2,1H3/b17-7+. The van der Waals surface area contributed by atoms with Gasteiger partial charge < -0.3 is 4.42 Å². The first-order valence-electron chi connectivity index (χ1n) is 9.28. The summed E-state index contributed by atoms with van der Waals surface area (Å²) in [6, 6.07) is 6.14. The average Bonchev–Trinajstić information content (AvgIpc) is 3.21. The van der Waals surface area contributed by atoms with Crippen molar-refractivity contribution in [1.29, 1.82) is 5.26 Å². The third-order valence-corrected chi connectivity index (χ3v) is 7.36. The molecule has 0 aliphatic heterocycles. The molecular weight excluding hydrogens is 328 g/mol. The number of hydrogen-bond donors (Lipinski definition) is 0. The van der Waals surface area contributed by atoms with Crippen LogP contribution in [-0.4, -0.2) is 4.98 Å². The van der Waals surface area contributed by atoms with Crippen molar-refractivity contribution in [1.82, 2.24) is 4.98 Å². The molecule has 4 heteroatoms. The first-order valence-corrected chi connectivity index (χ1v) is 10.2. The van der Waals surface area contributed by atoms with Gasteiger partial charge in [0.25, 0.3) is 0 Å². The first kappa shape index (κ1) is 15.4. The van der Waals surface area contributed by atoms with Crippen LogP contribution in [0.4, 0.5) is 0 Å². The van der Waals surface area contributed by atoms with Crippen molar-refractivity contribution in [3.8, 4) is 6.07 Å². The maximum Gasteiger partial charge on any atom is 0.134 e. The summed E-state index contributed by atoms with van der Waals surface area (Å²) in [5.41, 5.74) is 2.16. The minimum Gasteiger partial charge on any atom is -0.462 e. The van der Waals surface area contributed by atoms with Gasteiger partial charge in [-0.15, -0.1) is 11.3 Å². The molecular formula is C21H22N2OS. The highest BCUT2D eigenvalue weighted by molar-refractivity contribution is 7.11. The van der Waals surface area contributed by atoms with Gasteiger partial charge in [-0.2, -0.15) is 5.26 Å². The monoisotopic (exact) mass is 350 g/mol. The Morgan fingerprint density at radius 1 is 1.24 bits per heavy atom. The zero-order chi connectivity index (χ0) is 17.0. The molecule has 3 nitrogen and oxygen atoms in total. The van der Waals surface area contributed by atoms with E-state index in [2.05, 4.69) is 11.4 Å². The molecule has 128 valence electrons. The van der Waals surface area contributed by atoms with Crippen LogP contribution in [0.3, 0.4) is 0 Å². The van der Waals surface area contributed by atoms with Gasteiger partial charge in [0.05, 0.1) is 11.3 Å². The van der Waals surface area contributed by atoms with Crippen molar-refractivity contribution in [3.05, 3.63) is 39.7 Å². The molecule has 4 aliphatic rings. The smallest absolute Gasteiger partial charge is 0.134 e. The molecule has 0 saturated heterocycles. The molecule has 0 radical (unpaired) electrons. The second kappa shape index (κ2) is 5.57. The number of rotatable bonds is 3. The molecule has 4 bridgehead atoms. The Kier molecular flexibility index (Phi) is 3.43. The number of nitrogens with zero attached hydrogens (tertiary/aromatic N) is 2. The topological polar surface area (TPSA) is 49.8 Å². The third-order valence-electron chi connectivity index (χ3n) is 6.48. The van der Waals surface area contributed by atoms with Crippen LogP contribution >= 0.6 is 11.3 Å². The molecule has 2 aromatic heterocycles. The summed E-state index contributed by atoms with van der Waals surface area (Å²) in [7, 11) is 0. The Morgan fingerprint density at radius 2 is 1.92 bits per heavy atom. The Balaban J connectivity index is 1.47. The summed E-state index contributed by atoms with van der Waals surface area (Å²) in [5.74, 6) is 4.31. The number of allylic oxidation sites excluding steroid dienone is 1. The SMILES string of the molecule is Cc1ccc(/C=C(\C#N)c2nc(C34CC5CC(CC(C5)C3)C4)cs2)o1. The lowest BCUT2D eigenvalue weighted by Gasteiger charge is -2.56. The second-order valence-corrected chi connectivity index (χ2v) is 9.21. The van der Waals surface area contributed by atoms with E-state index in [1.54, 1.807) is 11.3 Å². The average molecular weight is 350 g/mol. The van der Waals surface area contributed by atoms with E-state index >= 15 is 0 Å². The maximum atomic E-state index is 9.60. The highest BCUT2D eigenvalue weighted by Crippen LogP contribution is 2.60. The number of thiazole rings is 1. The lowest BCUT2D eigenvalue weighted by atomic mass is 9.49. The zero-order valence-electron chi connectivity index (χ0n) is 14.5. The first-order chi connectivity index (χ1) is 12.1. The molecule has 0 amide bonds. The number of aromatic nitrogens is 1. The largest absolute Gasteiger partial charge is 0.462 e. The van der Waals surface area contributed by atoms with Crippen molar-refractivity contribution in [2.24, 2.45) is 17.8 Å². The van der Waals surface area contributed by atoms with Crippen LogP contribution in [0.2, 0.25) is 0 Å². The van der Waals surface area contributed by atoms with E-state index in [1.807, 2.05) is 25.1 Å². The fourth-order valence-corrected chi connectivity index (χ4v) is 6.79. The Hall–Kier alpha value is -1.86.